The third-order valence-electron chi connectivity index (χ3n) is 4.96. The van der Waals surface area contributed by atoms with Gasteiger partial charge in [-0.25, -0.2) is 4.79 Å². The Morgan fingerprint density at radius 1 is 1.08 bits per heavy atom. The molecule has 26 heavy (non-hydrogen) atoms. The smallest absolute Gasteiger partial charge is 0.303 e. The number of nitrogens with one attached hydrogen (secondary N) is 1. The van der Waals surface area contributed by atoms with Gasteiger partial charge in [0.25, 0.3) is 0 Å². The molecule has 0 saturated carbocycles. The molecule has 5 heteroatoms. The number of carbonyl (C=O) groups excluding carboxylic acids is 1. The molecule has 1 atom stereocenters. The SMILES string of the molecule is O=C1N(c2cccc(Cl)c2)CCN1C1NCCC=C1Cc1ccccc1. The fraction of sp³-hybridized carbons (Fsp3) is 0.286. The summed E-state index contributed by atoms with van der Waals surface area (Å²) >= 11 is 6.10. The minimum absolute atomic E-state index is 0.0330. The molecule has 1 unspecified atom stereocenters. The van der Waals surface area contributed by atoms with E-state index in [2.05, 4.69) is 35.7 Å². The van der Waals surface area contributed by atoms with Crippen molar-refractivity contribution < 1.29 is 4.79 Å². The van der Waals surface area contributed by atoms with E-state index in [0.717, 1.165) is 25.1 Å². The monoisotopic (exact) mass is 367 g/mol. The molecule has 0 aliphatic carbocycles. The average Bonchev–Trinajstić information content (AvgIpc) is 3.04. The van der Waals surface area contributed by atoms with Crippen LogP contribution in [-0.2, 0) is 6.42 Å². The molecule has 2 aromatic carbocycles. The van der Waals surface area contributed by atoms with Crippen LogP contribution in [0, 0.1) is 0 Å². The van der Waals surface area contributed by atoms with E-state index in [-0.39, 0.29) is 12.2 Å². The van der Waals surface area contributed by atoms with Gasteiger partial charge in [-0.05, 0) is 42.2 Å². The van der Waals surface area contributed by atoms with Crippen molar-refractivity contribution in [1.82, 2.24) is 10.2 Å². The van der Waals surface area contributed by atoms with Crippen LogP contribution in [-0.4, -0.2) is 36.7 Å². The number of carbonyl (C=O) groups is 1. The largest absolute Gasteiger partial charge is 0.326 e. The summed E-state index contributed by atoms with van der Waals surface area (Å²) in [6, 6.07) is 17.9. The average molecular weight is 368 g/mol. The van der Waals surface area contributed by atoms with Crippen LogP contribution in [0.25, 0.3) is 0 Å². The van der Waals surface area contributed by atoms with E-state index in [1.54, 1.807) is 0 Å². The normalized spacial score (nSPS) is 20.4. The van der Waals surface area contributed by atoms with Crippen molar-refractivity contribution in [3.05, 3.63) is 76.8 Å². The number of benzene rings is 2. The summed E-state index contributed by atoms with van der Waals surface area (Å²) in [7, 11) is 0. The number of nitrogens with zero attached hydrogens (tertiary/aromatic N) is 2. The van der Waals surface area contributed by atoms with Gasteiger partial charge < -0.3 is 4.90 Å². The van der Waals surface area contributed by atoms with E-state index in [0.29, 0.717) is 18.1 Å². The Balaban J connectivity index is 1.53. The van der Waals surface area contributed by atoms with E-state index in [4.69, 9.17) is 11.6 Å². The van der Waals surface area contributed by atoms with Gasteiger partial charge in [-0.15, -0.1) is 0 Å². The molecule has 4 rings (SSSR count). The number of amides is 2. The highest BCUT2D eigenvalue weighted by Crippen LogP contribution is 2.27. The Morgan fingerprint density at radius 2 is 1.92 bits per heavy atom. The van der Waals surface area contributed by atoms with Crippen molar-refractivity contribution in [3.63, 3.8) is 0 Å². The van der Waals surface area contributed by atoms with Gasteiger partial charge in [-0.2, -0.15) is 0 Å². The molecule has 0 aromatic heterocycles. The first-order valence-corrected chi connectivity index (χ1v) is 9.40. The molecule has 1 fully saturated rings. The van der Waals surface area contributed by atoms with E-state index in [1.807, 2.05) is 40.1 Å². The summed E-state index contributed by atoms with van der Waals surface area (Å²) in [5.74, 6) is 0. The molecule has 1 N–H and O–H groups in total. The molecule has 4 nitrogen and oxygen atoms in total. The number of rotatable bonds is 4. The Hall–Kier alpha value is -2.30. The van der Waals surface area contributed by atoms with Crippen molar-refractivity contribution in [2.45, 2.75) is 19.0 Å². The predicted molar refractivity (Wildman–Crippen MR) is 106 cm³/mol. The van der Waals surface area contributed by atoms with Crippen LogP contribution < -0.4 is 10.2 Å². The lowest BCUT2D eigenvalue weighted by molar-refractivity contribution is 0.196. The highest BCUT2D eigenvalue weighted by Gasteiger charge is 2.36. The maximum absolute atomic E-state index is 13.1. The van der Waals surface area contributed by atoms with Crippen LogP contribution in [0.5, 0.6) is 0 Å². The van der Waals surface area contributed by atoms with Crippen molar-refractivity contribution in [1.29, 1.82) is 0 Å². The Morgan fingerprint density at radius 3 is 2.73 bits per heavy atom. The number of hydrogen-bond donors (Lipinski definition) is 1. The summed E-state index contributed by atoms with van der Waals surface area (Å²) < 4.78 is 0. The van der Waals surface area contributed by atoms with Crippen LogP contribution in [0.2, 0.25) is 5.02 Å². The maximum Gasteiger partial charge on any atom is 0.326 e. The van der Waals surface area contributed by atoms with Gasteiger partial charge in [0.1, 0.15) is 6.17 Å². The first kappa shape index (κ1) is 17.1. The minimum Gasteiger partial charge on any atom is -0.303 e. The topological polar surface area (TPSA) is 35.6 Å². The molecular weight excluding hydrogens is 346 g/mol. The van der Waals surface area contributed by atoms with Crippen LogP contribution >= 0.6 is 11.6 Å². The Kier molecular flexibility index (Phi) is 4.96. The zero-order valence-corrected chi connectivity index (χ0v) is 15.3. The zero-order chi connectivity index (χ0) is 17.9. The van der Waals surface area contributed by atoms with Crippen LogP contribution in [0.15, 0.2) is 66.2 Å². The molecule has 2 aliphatic heterocycles. The molecule has 2 heterocycles. The van der Waals surface area contributed by atoms with Crippen LogP contribution in [0.1, 0.15) is 12.0 Å². The third-order valence-corrected chi connectivity index (χ3v) is 5.20. The van der Waals surface area contributed by atoms with Crippen molar-refractivity contribution in [2.24, 2.45) is 0 Å². The molecule has 0 spiro atoms. The van der Waals surface area contributed by atoms with Crippen molar-refractivity contribution >= 4 is 23.3 Å². The molecule has 1 saturated heterocycles. The Bertz CT molecular complexity index is 821. The van der Waals surface area contributed by atoms with Gasteiger partial charge in [0.05, 0.1) is 0 Å². The number of anilines is 1. The third kappa shape index (κ3) is 3.48. The molecule has 0 radical (unpaired) electrons. The number of halogens is 1. The standard InChI is InChI=1S/C21H22ClN3O/c22-18-9-4-10-19(15-18)24-12-13-25(21(24)26)20-17(8-5-11-23-20)14-16-6-2-1-3-7-16/h1-4,6-10,15,20,23H,5,11-14H2. The first-order valence-electron chi connectivity index (χ1n) is 9.02. The lowest BCUT2D eigenvalue weighted by Gasteiger charge is -2.33. The quantitative estimate of drug-likeness (QED) is 0.827. The van der Waals surface area contributed by atoms with Crippen molar-refractivity contribution in [3.8, 4) is 0 Å². The summed E-state index contributed by atoms with van der Waals surface area (Å²) in [6.07, 6.45) is 4.10. The number of hydrogen-bond acceptors (Lipinski definition) is 2. The molecule has 2 aromatic rings. The Labute approximate surface area is 159 Å². The highest BCUT2D eigenvalue weighted by atomic mass is 35.5. The van der Waals surface area contributed by atoms with Gasteiger partial charge in [0, 0.05) is 30.3 Å². The van der Waals surface area contributed by atoms with E-state index >= 15 is 0 Å². The molecule has 134 valence electrons. The molecule has 2 amide bonds. The molecule has 0 bridgehead atoms. The summed E-state index contributed by atoms with van der Waals surface area (Å²) in [5, 5.41) is 4.18. The van der Waals surface area contributed by atoms with Crippen molar-refractivity contribution in [2.75, 3.05) is 24.5 Å². The molecule has 2 aliphatic rings. The van der Waals surface area contributed by atoms with Gasteiger partial charge in [-0.3, -0.25) is 10.2 Å². The van der Waals surface area contributed by atoms with Gasteiger partial charge in [0.2, 0.25) is 0 Å². The van der Waals surface area contributed by atoms with Gasteiger partial charge >= 0.3 is 6.03 Å². The minimum atomic E-state index is -0.0411. The summed E-state index contributed by atoms with van der Waals surface area (Å²) in [6.45, 7) is 2.27. The predicted octanol–water partition coefficient (Wildman–Crippen LogP) is 4.07. The number of urea groups is 1. The second-order valence-corrected chi connectivity index (χ2v) is 7.13. The summed E-state index contributed by atoms with van der Waals surface area (Å²) in [4.78, 5) is 16.8. The van der Waals surface area contributed by atoms with Gasteiger partial charge in [0.15, 0.2) is 0 Å². The lowest BCUT2D eigenvalue weighted by atomic mass is 9.98. The van der Waals surface area contributed by atoms with E-state index in [1.165, 1.54) is 11.1 Å². The first-order chi connectivity index (χ1) is 12.7. The maximum atomic E-state index is 13.1. The highest BCUT2D eigenvalue weighted by molar-refractivity contribution is 6.30. The van der Waals surface area contributed by atoms with Gasteiger partial charge in [-0.1, -0.05) is 54.1 Å². The zero-order valence-electron chi connectivity index (χ0n) is 14.6. The second-order valence-electron chi connectivity index (χ2n) is 6.69. The van der Waals surface area contributed by atoms with E-state index < -0.39 is 0 Å². The van der Waals surface area contributed by atoms with Crippen LogP contribution in [0.3, 0.4) is 0 Å². The molecular formula is C21H22ClN3O. The lowest BCUT2D eigenvalue weighted by Crippen LogP contribution is -2.51. The second kappa shape index (κ2) is 7.52. The fourth-order valence-electron chi connectivity index (χ4n) is 3.71. The van der Waals surface area contributed by atoms with Crippen LogP contribution in [0.4, 0.5) is 10.5 Å². The van der Waals surface area contributed by atoms with E-state index in [9.17, 15) is 4.79 Å². The summed E-state index contributed by atoms with van der Waals surface area (Å²) in [5.41, 5.74) is 3.39. The fourth-order valence-corrected chi connectivity index (χ4v) is 3.89.